The van der Waals surface area contributed by atoms with E-state index in [-0.39, 0.29) is 0 Å². The molecule has 0 heterocycles. The molecule has 4 aliphatic rings. The quantitative estimate of drug-likeness (QED) is 0.794. The first kappa shape index (κ1) is 11.1. The standard InChI is InChI=1S/C13H20BrNO/c14-1-2-15-13(16)12-10-4-8-3-9(6-10)7-11(12)5-8/h8-12H,1-7H2,(H,15,16). The van der Waals surface area contributed by atoms with E-state index in [2.05, 4.69) is 21.2 Å². The van der Waals surface area contributed by atoms with Crippen molar-refractivity contribution in [1.82, 2.24) is 5.32 Å². The highest BCUT2D eigenvalue weighted by Crippen LogP contribution is 2.56. The molecular formula is C13H20BrNO. The molecule has 90 valence electrons. The second-order valence-electron chi connectivity index (χ2n) is 5.94. The Kier molecular flexibility index (Phi) is 2.99. The van der Waals surface area contributed by atoms with Gasteiger partial charge < -0.3 is 5.32 Å². The minimum absolute atomic E-state index is 0.341. The molecule has 0 aliphatic heterocycles. The zero-order chi connectivity index (χ0) is 11.1. The van der Waals surface area contributed by atoms with E-state index in [1.165, 1.54) is 32.1 Å². The normalized spacial score (nSPS) is 44.7. The summed E-state index contributed by atoms with van der Waals surface area (Å²) in [5, 5.41) is 3.94. The summed E-state index contributed by atoms with van der Waals surface area (Å²) in [5.74, 6) is 4.05. The van der Waals surface area contributed by atoms with Crippen LogP contribution in [0.4, 0.5) is 0 Å². The maximum absolute atomic E-state index is 12.2. The molecule has 1 N–H and O–H groups in total. The van der Waals surface area contributed by atoms with Crippen LogP contribution in [0.5, 0.6) is 0 Å². The monoisotopic (exact) mass is 285 g/mol. The minimum atomic E-state index is 0.341. The third kappa shape index (κ3) is 1.81. The molecule has 3 heteroatoms. The molecule has 16 heavy (non-hydrogen) atoms. The summed E-state index contributed by atoms with van der Waals surface area (Å²) in [6.07, 6.45) is 6.79. The van der Waals surface area contributed by atoms with Crippen LogP contribution in [0.3, 0.4) is 0 Å². The fourth-order valence-electron chi connectivity index (χ4n) is 4.64. The molecule has 4 rings (SSSR count). The Balaban J connectivity index is 1.69. The van der Waals surface area contributed by atoms with Gasteiger partial charge in [0.15, 0.2) is 0 Å². The van der Waals surface area contributed by atoms with E-state index in [1.807, 2.05) is 0 Å². The van der Waals surface area contributed by atoms with Gasteiger partial charge in [0.2, 0.25) is 5.91 Å². The van der Waals surface area contributed by atoms with Crippen molar-refractivity contribution in [1.29, 1.82) is 0 Å². The van der Waals surface area contributed by atoms with Crippen molar-refractivity contribution in [3.05, 3.63) is 0 Å². The molecule has 0 aromatic carbocycles. The number of carbonyl (C=O) groups is 1. The van der Waals surface area contributed by atoms with Gasteiger partial charge in [-0.1, -0.05) is 15.9 Å². The maximum atomic E-state index is 12.2. The fraction of sp³-hybridized carbons (Fsp3) is 0.923. The molecule has 4 saturated carbocycles. The molecule has 0 saturated heterocycles. The summed E-state index contributed by atoms with van der Waals surface area (Å²) in [5.41, 5.74) is 0. The third-order valence-corrected chi connectivity index (χ3v) is 5.32. The highest BCUT2D eigenvalue weighted by molar-refractivity contribution is 9.09. The number of nitrogens with one attached hydrogen (secondary N) is 1. The van der Waals surface area contributed by atoms with E-state index >= 15 is 0 Å². The first-order chi connectivity index (χ1) is 7.78. The van der Waals surface area contributed by atoms with Crippen molar-refractivity contribution >= 4 is 21.8 Å². The highest BCUT2D eigenvalue weighted by atomic mass is 79.9. The van der Waals surface area contributed by atoms with Gasteiger partial charge in [0.25, 0.3) is 0 Å². The molecule has 0 aromatic rings. The molecule has 0 spiro atoms. The van der Waals surface area contributed by atoms with Crippen molar-refractivity contribution in [2.75, 3.05) is 11.9 Å². The van der Waals surface area contributed by atoms with E-state index in [9.17, 15) is 4.79 Å². The Bertz CT molecular complexity index is 264. The van der Waals surface area contributed by atoms with Crippen LogP contribution < -0.4 is 5.32 Å². The number of halogens is 1. The summed E-state index contributed by atoms with van der Waals surface area (Å²) in [6, 6.07) is 0. The van der Waals surface area contributed by atoms with Gasteiger partial charge in [-0.2, -0.15) is 0 Å². The van der Waals surface area contributed by atoms with E-state index in [1.54, 1.807) is 0 Å². The fourth-order valence-corrected chi connectivity index (χ4v) is 4.84. The minimum Gasteiger partial charge on any atom is -0.355 e. The van der Waals surface area contributed by atoms with Gasteiger partial charge in [0, 0.05) is 17.8 Å². The zero-order valence-corrected chi connectivity index (χ0v) is 11.2. The lowest BCUT2D eigenvalue weighted by Gasteiger charge is -2.53. The molecular weight excluding hydrogens is 266 g/mol. The van der Waals surface area contributed by atoms with Crippen LogP contribution in [0, 0.1) is 29.6 Å². The maximum Gasteiger partial charge on any atom is 0.223 e. The highest BCUT2D eigenvalue weighted by Gasteiger charge is 2.50. The average Bonchev–Trinajstić information content (AvgIpc) is 2.24. The second-order valence-corrected chi connectivity index (χ2v) is 6.73. The van der Waals surface area contributed by atoms with Gasteiger partial charge in [-0.25, -0.2) is 0 Å². The van der Waals surface area contributed by atoms with Crippen molar-refractivity contribution in [2.24, 2.45) is 29.6 Å². The second kappa shape index (κ2) is 4.32. The molecule has 4 fully saturated rings. The lowest BCUT2D eigenvalue weighted by Crippen LogP contribution is -2.51. The summed E-state index contributed by atoms with van der Waals surface area (Å²) in [6.45, 7) is 0.779. The van der Waals surface area contributed by atoms with Crippen LogP contribution >= 0.6 is 15.9 Å². The van der Waals surface area contributed by atoms with E-state index in [0.717, 1.165) is 23.7 Å². The molecule has 2 nitrogen and oxygen atoms in total. The summed E-state index contributed by atoms with van der Waals surface area (Å²) in [7, 11) is 0. The van der Waals surface area contributed by atoms with E-state index in [4.69, 9.17) is 0 Å². The number of alkyl halides is 1. The lowest BCUT2D eigenvalue weighted by atomic mass is 9.51. The van der Waals surface area contributed by atoms with Gasteiger partial charge in [-0.15, -0.1) is 0 Å². The Morgan fingerprint density at radius 3 is 2.12 bits per heavy atom. The van der Waals surface area contributed by atoms with Crippen LogP contribution in [0.1, 0.15) is 32.1 Å². The molecule has 0 aromatic heterocycles. The third-order valence-electron chi connectivity index (χ3n) is 4.92. The summed E-state index contributed by atoms with van der Waals surface area (Å²) >= 11 is 3.37. The Morgan fingerprint density at radius 2 is 1.62 bits per heavy atom. The number of hydrogen-bond acceptors (Lipinski definition) is 1. The van der Waals surface area contributed by atoms with E-state index in [0.29, 0.717) is 23.7 Å². The van der Waals surface area contributed by atoms with Crippen LogP contribution in [-0.2, 0) is 4.79 Å². The molecule has 1 amide bonds. The first-order valence-electron chi connectivity index (χ1n) is 6.61. The SMILES string of the molecule is O=C(NCCBr)C1C2CC3CC(C2)CC1C3. The largest absolute Gasteiger partial charge is 0.355 e. The van der Waals surface area contributed by atoms with Crippen LogP contribution in [0.25, 0.3) is 0 Å². The topological polar surface area (TPSA) is 29.1 Å². The van der Waals surface area contributed by atoms with Crippen molar-refractivity contribution in [3.8, 4) is 0 Å². The van der Waals surface area contributed by atoms with Crippen LogP contribution in [0.15, 0.2) is 0 Å². The first-order valence-corrected chi connectivity index (χ1v) is 7.73. The molecule has 0 radical (unpaired) electrons. The Morgan fingerprint density at radius 1 is 1.06 bits per heavy atom. The average molecular weight is 286 g/mol. The van der Waals surface area contributed by atoms with Crippen LogP contribution in [0.2, 0.25) is 0 Å². The lowest BCUT2D eigenvalue weighted by molar-refractivity contribution is -0.137. The zero-order valence-electron chi connectivity index (χ0n) is 9.62. The summed E-state index contributed by atoms with van der Waals surface area (Å²) < 4.78 is 0. The van der Waals surface area contributed by atoms with Gasteiger partial charge in [0.1, 0.15) is 0 Å². The van der Waals surface area contributed by atoms with Crippen molar-refractivity contribution in [3.63, 3.8) is 0 Å². The Labute approximate surface area is 106 Å². The van der Waals surface area contributed by atoms with Gasteiger partial charge >= 0.3 is 0 Å². The molecule has 0 unspecified atom stereocenters. The number of hydrogen-bond donors (Lipinski definition) is 1. The van der Waals surface area contributed by atoms with Crippen LogP contribution in [-0.4, -0.2) is 17.8 Å². The number of rotatable bonds is 3. The smallest absolute Gasteiger partial charge is 0.223 e. The van der Waals surface area contributed by atoms with Gasteiger partial charge in [0.05, 0.1) is 0 Å². The van der Waals surface area contributed by atoms with Gasteiger partial charge in [-0.05, 0) is 55.8 Å². The molecule has 4 aliphatic carbocycles. The number of amides is 1. The van der Waals surface area contributed by atoms with Gasteiger partial charge in [-0.3, -0.25) is 4.79 Å². The molecule has 4 bridgehead atoms. The number of carbonyl (C=O) groups excluding carboxylic acids is 1. The summed E-state index contributed by atoms with van der Waals surface area (Å²) in [4.78, 5) is 12.2. The predicted octanol–water partition coefficient (Wildman–Crippen LogP) is 2.57. The molecule has 0 atom stereocenters. The Hall–Kier alpha value is -0.0500. The van der Waals surface area contributed by atoms with Crippen molar-refractivity contribution in [2.45, 2.75) is 32.1 Å². The predicted molar refractivity (Wildman–Crippen MR) is 67.3 cm³/mol. The van der Waals surface area contributed by atoms with E-state index < -0.39 is 0 Å². The van der Waals surface area contributed by atoms with Crippen molar-refractivity contribution < 1.29 is 4.79 Å².